The Morgan fingerprint density at radius 2 is 2.15 bits per heavy atom. The van der Waals surface area contributed by atoms with E-state index in [9.17, 15) is 14.7 Å². The number of carboxylic acid groups (broad SMARTS) is 1. The molecule has 0 unspecified atom stereocenters. The lowest BCUT2D eigenvalue weighted by Crippen LogP contribution is -2.31. The van der Waals surface area contributed by atoms with Crippen LogP contribution in [0.1, 0.15) is 10.4 Å². The lowest BCUT2D eigenvalue weighted by molar-refractivity contribution is 0.0697. The second-order valence-electron chi connectivity index (χ2n) is 3.67. The van der Waals surface area contributed by atoms with Gasteiger partial charge in [0.15, 0.2) is 0 Å². The van der Waals surface area contributed by atoms with Crippen LogP contribution in [0.3, 0.4) is 0 Å². The molecule has 6 nitrogen and oxygen atoms in total. The molecule has 7 heteroatoms. The molecule has 0 radical (unpaired) electrons. The van der Waals surface area contributed by atoms with E-state index in [0.717, 1.165) is 6.07 Å². The van der Waals surface area contributed by atoms with Crippen LogP contribution in [-0.2, 0) is 0 Å². The zero-order chi connectivity index (χ0) is 15.0. The second kappa shape index (κ2) is 7.96. The van der Waals surface area contributed by atoms with Gasteiger partial charge >= 0.3 is 12.0 Å². The van der Waals surface area contributed by atoms with Crippen molar-refractivity contribution < 1.29 is 19.8 Å². The molecule has 1 aromatic rings. The summed E-state index contributed by atoms with van der Waals surface area (Å²) in [6.45, 7) is 0.415. The number of amides is 2. The van der Waals surface area contributed by atoms with Gasteiger partial charge in [0.05, 0.1) is 17.0 Å². The molecule has 0 saturated heterocycles. The average molecular weight is 294 g/mol. The van der Waals surface area contributed by atoms with Gasteiger partial charge in [-0.15, -0.1) is 18.2 Å². The molecule has 0 atom stereocenters. The van der Waals surface area contributed by atoms with Crippen LogP contribution in [0.5, 0.6) is 5.75 Å². The summed E-state index contributed by atoms with van der Waals surface area (Å²) < 4.78 is 0. The van der Waals surface area contributed by atoms with Crippen molar-refractivity contribution in [2.75, 3.05) is 23.4 Å². The fraction of sp³-hybridized carbons (Fsp3) is 0.231. The Balaban J connectivity index is 2.54. The monoisotopic (exact) mass is 294 g/mol. The molecule has 0 bridgehead atoms. The summed E-state index contributed by atoms with van der Waals surface area (Å²) in [5.74, 6) is 2.29. The topological polar surface area (TPSA) is 98.7 Å². The van der Waals surface area contributed by atoms with Crippen LogP contribution in [-0.4, -0.2) is 40.3 Å². The van der Waals surface area contributed by atoms with Crippen LogP contribution >= 0.6 is 11.8 Å². The van der Waals surface area contributed by atoms with Gasteiger partial charge < -0.3 is 20.8 Å². The number of rotatable bonds is 6. The van der Waals surface area contributed by atoms with E-state index < -0.39 is 12.0 Å². The molecule has 0 saturated carbocycles. The normalized spacial score (nSPS) is 9.55. The Labute approximate surface area is 120 Å². The molecule has 4 N–H and O–H groups in total. The summed E-state index contributed by atoms with van der Waals surface area (Å²) in [6.07, 6.45) is 5.08. The molecule has 20 heavy (non-hydrogen) atoms. The predicted molar refractivity (Wildman–Crippen MR) is 78.2 cm³/mol. The minimum absolute atomic E-state index is 0.115. The van der Waals surface area contributed by atoms with Gasteiger partial charge in [-0.3, -0.25) is 0 Å². The number of carboxylic acids is 1. The number of phenolic OH excluding ortho intramolecular Hbond substituents is 1. The second-order valence-corrected chi connectivity index (χ2v) is 4.78. The van der Waals surface area contributed by atoms with Crippen LogP contribution in [0.25, 0.3) is 0 Å². The van der Waals surface area contributed by atoms with E-state index in [1.807, 2.05) is 0 Å². The van der Waals surface area contributed by atoms with Crippen LogP contribution in [0, 0.1) is 12.3 Å². The van der Waals surface area contributed by atoms with Crippen molar-refractivity contribution in [3.8, 4) is 18.1 Å². The van der Waals surface area contributed by atoms with Crippen molar-refractivity contribution >= 4 is 29.4 Å². The van der Waals surface area contributed by atoms with E-state index in [1.165, 1.54) is 23.9 Å². The summed E-state index contributed by atoms with van der Waals surface area (Å²) in [7, 11) is 0. The number of nitrogens with one attached hydrogen (secondary N) is 2. The van der Waals surface area contributed by atoms with Gasteiger partial charge in [-0.05, 0) is 18.2 Å². The number of terminal acetylenes is 1. The first-order valence-corrected chi connectivity index (χ1v) is 6.82. The van der Waals surface area contributed by atoms with Crippen LogP contribution < -0.4 is 10.6 Å². The molecule has 0 aromatic heterocycles. The summed E-state index contributed by atoms with van der Waals surface area (Å²) in [6, 6.07) is 3.18. The quantitative estimate of drug-likeness (QED) is 0.363. The molecular weight excluding hydrogens is 280 g/mol. The first kappa shape index (κ1) is 15.7. The Bertz CT molecular complexity index is 540. The third-order valence-corrected chi connectivity index (χ3v) is 3.06. The largest absolute Gasteiger partial charge is 0.508 e. The van der Waals surface area contributed by atoms with Crippen LogP contribution in [0.15, 0.2) is 18.2 Å². The van der Waals surface area contributed by atoms with Gasteiger partial charge in [-0.1, -0.05) is 5.92 Å². The fourth-order valence-electron chi connectivity index (χ4n) is 1.35. The number of hydrogen-bond donors (Lipinski definition) is 4. The third-order valence-electron chi connectivity index (χ3n) is 2.20. The zero-order valence-corrected chi connectivity index (χ0v) is 11.4. The Kier molecular flexibility index (Phi) is 6.26. The number of phenols is 1. The maximum Gasteiger partial charge on any atom is 0.337 e. The highest BCUT2D eigenvalue weighted by atomic mass is 32.2. The first-order chi connectivity index (χ1) is 9.54. The van der Waals surface area contributed by atoms with Crippen LogP contribution in [0.2, 0.25) is 0 Å². The minimum atomic E-state index is -1.24. The molecule has 1 aromatic carbocycles. The summed E-state index contributed by atoms with van der Waals surface area (Å²) >= 11 is 1.51. The number of carbonyl (C=O) groups is 2. The van der Waals surface area contributed by atoms with Gasteiger partial charge in [0.1, 0.15) is 5.75 Å². The molecule has 0 aliphatic carbocycles. The zero-order valence-electron chi connectivity index (χ0n) is 10.5. The van der Waals surface area contributed by atoms with Gasteiger partial charge in [0.2, 0.25) is 0 Å². The van der Waals surface area contributed by atoms with Crippen LogP contribution in [0.4, 0.5) is 10.5 Å². The summed E-state index contributed by atoms with van der Waals surface area (Å²) in [5.41, 5.74) is -0.0639. The van der Waals surface area contributed by atoms with Gasteiger partial charge in [-0.25, -0.2) is 9.59 Å². The van der Waals surface area contributed by atoms with E-state index in [-0.39, 0.29) is 17.0 Å². The molecular formula is C13H14N2O4S. The van der Waals surface area contributed by atoms with E-state index in [0.29, 0.717) is 18.1 Å². The third kappa shape index (κ3) is 5.12. The van der Waals surface area contributed by atoms with Gasteiger partial charge in [0, 0.05) is 12.3 Å². The van der Waals surface area contributed by atoms with Crippen molar-refractivity contribution in [1.29, 1.82) is 0 Å². The summed E-state index contributed by atoms with van der Waals surface area (Å²) in [4.78, 5) is 22.6. The number of hydrogen-bond acceptors (Lipinski definition) is 4. The highest BCUT2D eigenvalue weighted by molar-refractivity contribution is 7.99. The number of urea groups is 1. The molecule has 0 aliphatic rings. The molecule has 106 valence electrons. The Hall–Kier alpha value is -2.33. The molecule has 0 heterocycles. The smallest absolute Gasteiger partial charge is 0.337 e. The molecule has 0 fully saturated rings. The fourth-order valence-corrected chi connectivity index (χ4v) is 1.86. The van der Waals surface area contributed by atoms with Crippen molar-refractivity contribution in [1.82, 2.24) is 5.32 Å². The number of thioether (sulfide) groups is 1. The average Bonchev–Trinajstić information content (AvgIpc) is 2.40. The molecule has 0 aliphatic heterocycles. The minimum Gasteiger partial charge on any atom is -0.508 e. The molecule has 1 rings (SSSR count). The van der Waals surface area contributed by atoms with E-state index in [1.54, 1.807) is 0 Å². The number of aromatic carboxylic acids is 1. The SMILES string of the molecule is C#CCSCCNC(=O)Nc1ccc(O)cc1C(=O)O. The predicted octanol–water partition coefficient (Wildman–Crippen LogP) is 1.58. The standard InChI is InChI=1S/C13H14N2O4S/c1-2-6-20-7-5-14-13(19)15-11-4-3-9(16)8-10(11)12(17)18/h1,3-4,8,16H,5-7H2,(H,17,18)(H2,14,15,19). The number of aromatic hydroxyl groups is 1. The maximum absolute atomic E-state index is 11.6. The first-order valence-electron chi connectivity index (χ1n) is 5.67. The number of anilines is 1. The highest BCUT2D eigenvalue weighted by Gasteiger charge is 2.13. The van der Waals surface area contributed by atoms with Crippen molar-refractivity contribution in [2.45, 2.75) is 0 Å². The molecule has 2 amide bonds. The van der Waals surface area contributed by atoms with E-state index in [4.69, 9.17) is 11.5 Å². The number of benzene rings is 1. The van der Waals surface area contributed by atoms with Gasteiger partial charge in [-0.2, -0.15) is 0 Å². The Morgan fingerprint density at radius 3 is 2.80 bits per heavy atom. The van der Waals surface area contributed by atoms with Crippen molar-refractivity contribution in [2.24, 2.45) is 0 Å². The van der Waals surface area contributed by atoms with E-state index in [2.05, 4.69) is 16.6 Å². The van der Waals surface area contributed by atoms with Gasteiger partial charge in [0.25, 0.3) is 0 Å². The molecule has 0 spiro atoms. The van der Waals surface area contributed by atoms with Crippen molar-refractivity contribution in [3.05, 3.63) is 23.8 Å². The maximum atomic E-state index is 11.6. The van der Waals surface area contributed by atoms with E-state index >= 15 is 0 Å². The van der Waals surface area contributed by atoms with Crippen molar-refractivity contribution in [3.63, 3.8) is 0 Å². The highest BCUT2D eigenvalue weighted by Crippen LogP contribution is 2.21. The number of carbonyl (C=O) groups excluding carboxylic acids is 1. The summed E-state index contributed by atoms with van der Waals surface area (Å²) in [5, 5.41) is 23.2. The Morgan fingerprint density at radius 1 is 1.40 bits per heavy atom. The lowest BCUT2D eigenvalue weighted by Gasteiger charge is -2.10. The lowest BCUT2D eigenvalue weighted by atomic mass is 10.1.